The van der Waals surface area contributed by atoms with E-state index in [1.807, 2.05) is 6.92 Å². The third kappa shape index (κ3) is 2.31. The molecule has 0 radical (unpaired) electrons. The van der Waals surface area contributed by atoms with Gasteiger partial charge in [0.15, 0.2) is 5.41 Å². The fraction of sp³-hybridized carbons (Fsp3) is 0.727. The first-order valence-electron chi connectivity index (χ1n) is 5.64. The van der Waals surface area contributed by atoms with Gasteiger partial charge in [0.25, 0.3) is 5.91 Å². The summed E-state index contributed by atoms with van der Waals surface area (Å²) in [5, 5.41) is 5.17. The number of carbonyl (C=O) groups is 2. The highest BCUT2D eigenvalue weighted by Crippen LogP contribution is 2.33. The highest BCUT2D eigenvalue weighted by molar-refractivity contribution is 6.11. The van der Waals surface area contributed by atoms with Crippen molar-refractivity contribution in [3.05, 3.63) is 0 Å². The molecule has 18 heavy (non-hydrogen) atoms. The minimum atomic E-state index is -1.00. The number of hydrazone groups is 1. The Kier molecular flexibility index (Phi) is 4.28. The minimum Gasteiger partial charge on any atom is -0.392 e. The van der Waals surface area contributed by atoms with Crippen LogP contribution in [0.15, 0.2) is 5.10 Å². The lowest BCUT2D eigenvalue weighted by atomic mass is 9.85. The van der Waals surface area contributed by atoms with Crippen molar-refractivity contribution in [2.75, 3.05) is 34.9 Å². The molecular weight excluding hydrogens is 238 g/mol. The van der Waals surface area contributed by atoms with Crippen LogP contribution in [0.1, 0.15) is 13.3 Å². The molecule has 0 spiro atoms. The van der Waals surface area contributed by atoms with Gasteiger partial charge in [-0.05, 0) is 6.42 Å². The van der Waals surface area contributed by atoms with Gasteiger partial charge >= 0.3 is 6.09 Å². The van der Waals surface area contributed by atoms with Crippen molar-refractivity contribution >= 4 is 17.9 Å². The first-order valence-corrected chi connectivity index (χ1v) is 5.64. The van der Waals surface area contributed by atoms with E-state index in [-0.39, 0.29) is 18.4 Å². The summed E-state index contributed by atoms with van der Waals surface area (Å²) >= 11 is 0. The highest BCUT2D eigenvalue weighted by Gasteiger charge is 2.51. The zero-order valence-electron chi connectivity index (χ0n) is 11.4. The Balaban J connectivity index is 3.02. The molecule has 0 aliphatic carbocycles. The molecular formula is C11H19N3O4. The second-order valence-electron chi connectivity index (χ2n) is 4.36. The molecule has 1 atom stereocenters. The third-order valence-corrected chi connectivity index (χ3v) is 2.90. The van der Waals surface area contributed by atoms with Crippen LogP contribution in [0, 0.1) is 5.41 Å². The van der Waals surface area contributed by atoms with Crippen LogP contribution in [-0.2, 0) is 14.3 Å². The molecule has 2 amide bonds. The van der Waals surface area contributed by atoms with Crippen LogP contribution in [0.5, 0.6) is 0 Å². The van der Waals surface area contributed by atoms with Crippen LogP contribution >= 0.6 is 0 Å². The van der Waals surface area contributed by atoms with Gasteiger partial charge in [-0.25, -0.2) is 9.80 Å². The Labute approximate surface area is 106 Å². The Hall–Kier alpha value is -1.63. The minimum absolute atomic E-state index is 0.0954. The molecule has 0 N–H and O–H groups in total. The van der Waals surface area contributed by atoms with Crippen molar-refractivity contribution in [3.63, 3.8) is 0 Å². The van der Waals surface area contributed by atoms with E-state index in [0.29, 0.717) is 6.42 Å². The Morgan fingerprint density at radius 1 is 1.50 bits per heavy atom. The van der Waals surface area contributed by atoms with Gasteiger partial charge in [-0.2, -0.15) is 0 Å². The van der Waals surface area contributed by atoms with Crippen molar-refractivity contribution in [2.24, 2.45) is 10.5 Å². The maximum absolute atomic E-state index is 12.1. The van der Waals surface area contributed by atoms with Gasteiger partial charge in [-0.3, -0.25) is 4.79 Å². The average molecular weight is 257 g/mol. The van der Waals surface area contributed by atoms with Gasteiger partial charge in [-0.1, -0.05) is 6.92 Å². The number of ether oxygens (including phenoxy) is 2. The van der Waals surface area contributed by atoms with E-state index in [4.69, 9.17) is 9.47 Å². The summed E-state index contributed by atoms with van der Waals surface area (Å²) in [5.74, 6) is -0.133. The molecule has 102 valence electrons. The smallest absolute Gasteiger partial charge is 0.392 e. The summed E-state index contributed by atoms with van der Waals surface area (Å²) in [4.78, 5) is 25.0. The molecule has 0 aromatic carbocycles. The molecule has 0 aromatic rings. The number of hydrogen-bond donors (Lipinski definition) is 0. The molecule has 1 rings (SSSR count). The molecule has 1 aliphatic heterocycles. The Bertz CT molecular complexity index is 380. The van der Waals surface area contributed by atoms with E-state index in [0.717, 1.165) is 0 Å². The lowest BCUT2D eigenvalue weighted by molar-refractivity contribution is -0.137. The SMILES string of the molecule is CCC1(COC)C(=O)N(C)N=C1OC(=O)N(C)C. The van der Waals surface area contributed by atoms with Crippen molar-refractivity contribution < 1.29 is 19.1 Å². The zero-order valence-corrected chi connectivity index (χ0v) is 11.4. The highest BCUT2D eigenvalue weighted by atomic mass is 16.6. The molecule has 7 heteroatoms. The van der Waals surface area contributed by atoms with Crippen molar-refractivity contribution in [2.45, 2.75) is 13.3 Å². The number of amides is 2. The van der Waals surface area contributed by atoms with Gasteiger partial charge in [0, 0.05) is 28.3 Å². The Morgan fingerprint density at radius 2 is 2.11 bits per heavy atom. The van der Waals surface area contributed by atoms with Crippen molar-refractivity contribution in [3.8, 4) is 0 Å². The molecule has 1 unspecified atom stereocenters. The number of nitrogens with zero attached hydrogens (tertiary/aromatic N) is 3. The lowest BCUT2D eigenvalue weighted by Gasteiger charge is -2.25. The molecule has 0 aromatic heterocycles. The normalized spacial score (nSPS) is 23.1. The van der Waals surface area contributed by atoms with E-state index in [1.165, 1.54) is 24.1 Å². The lowest BCUT2D eigenvalue weighted by Crippen LogP contribution is -2.44. The first kappa shape index (κ1) is 14.4. The number of carbonyl (C=O) groups excluding carboxylic acids is 2. The standard InChI is InChI=1S/C11H19N3O4/c1-6-11(7-17-5)8(12-14(4)9(11)15)18-10(16)13(2)3/h6-7H2,1-5H3. The quantitative estimate of drug-likeness (QED) is 0.738. The Morgan fingerprint density at radius 3 is 2.56 bits per heavy atom. The average Bonchev–Trinajstić information content (AvgIpc) is 2.54. The number of methoxy groups -OCH3 is 1. The van der Waals surface area contributed by atoms with Crippen molar-refractivity contribution in [1.82, 2.24) is 9.91 Å². The second-order valence-corrected chi connectivity index (χ2v) is 4.36. The summed E-state index contributed by atoms with van der Waals surface area (Å²) in [5.41, 5.74) is -1.00. The largest absolute Gasteiger partial charge is 0.415 e. The third-order valence-electron chi connectivity index (χ3n) is 2.90. The van der Waals surface area contributed by atoms with E-state index >= 15 is 0 Å². The topological polar surface area (TPSA) is 71.4 Å². The van der Waals surface area contributed by atoms with Gasteiger partial charge in [0.05, 0.1) is 6.61 Å². The van der Waals surface area contributed by atoms with E-state index < -0.39 is 11.5 Å². The molecule has 0 fully saturated rings. The summed E-state index contributed by atoms with van der Waals surface area (Å²) < 4.78 is 10.2. The molecule has 0 saturated heterocycles. The molecule has 0 saturated carbocycles. The molecule has 0 bridgehead atoms. The van der Waals surface area contributed by atoms with E-state index in [1.54, 1.807) is 14.1 Å². The molecule has 1 heterocycles. The van der Waals surface area contributed by atoms with Crippen LogP contribution in [0.3, 0.4) is 0 Å². The number of rotatable bonds is 3. The molecule has 1 aliphatic rings. The zero-order chi connectivity index (χ0) is 13.9. The molecule has 7 nitrogen and oxygen atoms in total. The maximum atomic E-state index is 12.1. The van der Waals surface area contributed by atoms with Crippen LogP contribution in [0.25, 0.3) is 0 Å². The van der Waals surface area contributed by atoms with E-state index in [2.05, 4.69) is 5.10 Å². The summed E-state index contributed by atoms with van der Waals surface area (Å²) in [7, 11) is 6.15. The monoisotopic (exact) mass is 257 g/mol. The summed E-state index contributed by atoms with van der Waals surface area (Å²) in [6, 6.07) is 0. The summed E-state index contributed by atoms with van der Waals surface area (Å²) in [6.45, 7) is 1.96. The second kappa shape index (κ2) is 5.34. The first-order chi connectivity index (χ1) is 8.39. The van der Waals surface area contributed by atoms with Crippen LogP contribution < -0.4 is 0 Å². The fourth-order valence-corrected chi connectivity index (χ4v) is 1.75. The van der Waals surface area contributed by atoms with Gasteiger partial charge in [0.1, 0.15) is 0 Å². The fourth-order valence-electron chi connectivity index (χ4n) is 1.75. The van der Waals surface area contributed by atoms with Crippen LogP contribution in [0.4, 0.5) is 4.79 Å². The van der Waals surface area contributed by atoms with Gasteiger partial charge in [-0.15, -0.1) is 5.10 Å². The van der Waals surface area contributed by atoms with Crippen LogP contribution in [-0.4, -0.2) is 62.7 Å². The number of hydrogen-bond acceptors (Lipinski definition) is 5. The predicted molar refractivity (Wildman–Crippen MR) is 65.0 cm³/mol. The maximum Gasteiger partial charge on any atom is 0.415 e. The predicted octanol–water partition coefficient (Wildman–Crippen LogP) is 0.513. The van der Waals surface area contributed by atoms with Crippen molar-refractivity contribution in [1.29, 1.82) is 0 Å². The van der Waals surface area contributed by atoms with Crippen LogP contribution in [0.2, 0.25) is 0 Å². The summed E-state index contributed by atoms with van der Waals surface area (Å²) in [6.07, 6.45) is -0.116. The van der Waals surface area contributed by atoms with Gasteiger partial charge < -0.3 is 14.4 Å². The van der Waals surface area contributed by atoms with Gasteiger partial charge in [0.2, 0.25) is 5.90 Å². The van der Waals surface area contributed by atoms with E-state index in [9.17, 15) is 9.59 Å².